The highest BCUT2D eigenvalue weighted by atomic mass is 79.9. The summed E-state index contributed by atoms with van der Waals surface area (Å²) in [6.07, 6.45) is 0. The van der Waals surface area contributed by atoms with Crippen LogP contribution in [0, 0.1) is 0 Å². The number of hydrogen-bond donors (Lipinski definition) is 0. The van der Waals surface area contributed by atoms with Gasteiger partial charge in [0.15, 0.2) is 0 Å². The Hall–Kier alpha value is -0.190. The van der Waals surface area contributed by atoms with Crippen molar-refractivity contribution >= 4 is 27.7 Å². The maximum Gasteiger partial charge on any atom is 0.133 e. The zero-order valence-corrected chi connectivity index (χ0v) is 13.6. The fourth-order valence-corrected chi connectivity index (χ4v) is 4.01. The molecule has 2 rings (SSSR count). The van der Waals surface area contributed by atoms with Gasteiger partial charge in [-0.3, -0.25) is 4.90 Å². The molecule has 0 N–H and O–H groups in total. The molecular formula is C14H20BrNOS. The van der Waals surface area contributed by atoms with Crippen LogP contribution in [-0.2, 0) is 6.54 Å². The zero-order valence-electron chi connectivity index (χ0n) is 11.1. The first kappa shape index (κ1) is 14.2. The summed E-state index contributed by atoms with van der Waals surface area (Å²) in [7, 11) is 1.70. The van der Waals surface area contributed by atoms with Gasteiger partial charge in [0.05, 0.1) is 11.6 Å². The number of hydrogen-bond acceptors (Lipinski definition) is 3. The van der Waals surface area contributed by atoms with Crippen LogP contribution in [0.1, 0.15) is 19.4 Å². The Morgan fingerprint density at radius 3 is 2.89 bits per heavy atom. The normalized spacial score (nSPS) is 25.1. The van der Waals surface area contributed by atoms with Crippen LogP contribution in [-0.4, -0.2) is 35.6 Å². The van der Waals surface area contributed by atoms with E-state index < -0.39 is 0 Å². The Labute approximate surface area is 122 Å². The molecule has 0 saturated carbocycles. The molecule has 2 unspecified atom stereocenters. The van der Waals surface area contributed by atoms with Gasteiger partial charge in [0, 0.05) is 30.1 Å². The van der Waals surface area contributed by atoms with E-state index in [4.69, 9.17) is 4.74 Å². The fraction of sp³-hybridized carbons (Fsp3) is 0.571. The summed E-state index contributed by atoms with van der Waals surface area (Å²) in [4.78, 5) is 2.56. The standard InChI is InChI=1S/C14H20BrNOS/c1-10-11(2)18-7-6-16(10)9-12-4-5-14(17-3)13(15)8-12/h4-5,8,10-11H,6-7,9H2,1-3H3. The molecule has 1 aliphatic heterocycles. The first-order valence-electron chi connectivity index (χ1n) is 6.30. The lowest BCUT2D eigenvalue weighted by Crippen LogP contribution is -2.43. The Morgan fingerprint density at radius 1 is 1.44 bits per heavy atom. The third-order valence-corrected chi connectivity index (χ3v) is 5.57. The monoisotopic (exact) mass is 329 g/mol. The lowest BCUT2D eigenvalue weighted by molar-refractivity contribution is 0.204. The second-order valence-electron chi connectivity index (χ2n) is 4.76. The Morgan fingerprint density at radius 2 is 2.22 bits per heavy atom. The van der Waals surface area contributed by atoms with E-state index in [0.717, 1.165) is 22.0 Å². The summed E-state index contributed by atoms with van der Waals surface area (Å²) in [5, 5.41) is 0.723. The molecule has 18 heavy (non-hydrogen) atoms. The highest BCUT2D eigenvalue weighted by Gasteiger charge is 2.25. The van der Waals surface area contributed by atoms with E-state index in [0.29, 0.717) is 6.04 Å². The SMILES string of the molecule is COc1ccc(CN2CCSC(C)C2C)cc1Br. The van der Waals surface area contributed by atoms with Gasteiger partial charge in [-0.2, -0.15) is 11.8 Å². The smallest absolute Gasteiger partial charge is 0.133 e. The molecule has 1 fully saturated rings. The predicted molar refractivity (Wildman–Crippen MR) is 82.5 cm³/mol. The summed E-state index contributed by atoms with van der Waals surface area (Å²) in [5.74, 6) is 2.14. The third-order valence-electron chi connectivity index (χ3n) is 3.62. The van der Waals surface area contributed by atoms with Crippen LogP contribution >= 0.6 is 27.7 Å². The van der Waals surface area contributed by atoms with Crippen molar-refractivity contribution in [2.24, 2.45) is 0 Å². The highest BCUT2D eigenvalue weighted by Crippen LogP contribution is 2.29. The number of benzene rings is 1. The van der Waals surface area contributed by atoms with E-state index in [1.54, 1.807) is 7.11 Å². The van der Waals surface area contributed by atoms with Gasteiger partial charge in [-0.15, -0.1) is 0 Å². The summed E-state index contributed by atoms with van der Waals surface area (Å²) < 4.78 is 6.30. The molecule has 0 spiro atoms. The van der Waals surface area contributed by atoms with Crippen molar-refractivity contribution in [3.63, 3.8) is 0 Å². The van der Waals surface area contributed by atoms with Crippen LogP contribution in [0.25, 0.3) is 0 Å². The van der Waals surface area contributed by atoms with Gasteiger partial charge >= 0.3 is 0 Å². The van der Waals surface area contributed by atoms with E-state index in [1.165, 1.54) is 17.9 Å². The van der Waals surface area contributed by atoms with Crippen molar-refractivity contribution in [2.45, 2.75) is 31.7 Å². The van der Waals surface area contributed by atoms with Gasteiger partial charge in [0.2, 0.25) is 0 Å². The third kappa shape index (κ3) is 3.22. The Bertz CT molecular complexity index is 413. The minimum absolute atomic E-state index is 0.643. The fourth-order valence-electron chi connectivity index (χ4n) is 2.26. The molecule has 0 aliphatic carbocycles. The lowest BCUT2D eigenvalue weighted by atomic mass is 10.1. The van der Waals surface area contributed by atoms with Crippen molar-refractivity contribution in [2.75, 3.05) is 19.4 Å². The summed E-state index contributed by atoms with van der Waals surface area (Å²) in [6, 6.07) is 7.00. The minimum Gasteiger partial charge on any atom is -0.496 e. The highest BCUT2D eigenvalue weighted by molar-refractivity contribution is 9.10. The van der Waals surface area contributed by atoms with E-state index in [9.17, 15) is 0 Å². The molecule has 0 aromatic heterocycles. The van der Waals surface area contributed by atoms with Gasteiger partial charge in [0.25, 0.3) is 0 Å². The van der Waals surface area contributed by atoms with Gasteiger partial charge in [-0.1, -0.05) is 13.0 Å². The van der Waals surface area contributed by atoms with E-state index in [1.807, 2.05) is 6.07 Å². The van der Waals surface area contributed by atoms with Crippen molar-refractivity contribution in [1.29, 1.82) is 0 Å². The van der Waals surface area contributed by atoms with Crippen LogP contribution in [0.3, 0.4) is 0 Å². The molecule has 4 heteroatoms. The van der Waals surface area contributed by atoms with Crippen molar-refractivity contribution in [3.8, 4) is 5.75 Å². The quantitative estimate of drug-likeness (QED) is 0.837. The molecule has 0 radical (unpaired) electrons. The molecular weight excluding hydrogens is 310 g/mol. The minimum atomic E-state index is 0.643. The molecule has 1 aromatic rings. The number of nitrogens with zero attached hydrogens (tertiary/aromatic N) is 1. The van der Waals surface area contributed by atoms with E-state index in [2.05, 4.69) is 58.6 Å². The first-order chi connectivity index (χ1) is 8.61. The maximum atomic E-state index is 5.26. The van der Waals surface area contributed by atoms with Crippen LogP contribution < -0.4 is 4.74 Å². The Kier molecular flexibility index (Phi) is 4.98. The molecule has 2 atom stereocenters. The molecule has 0 bridgehead atoms. The second-order valence-corrected chi connectivity index (χ2v) is 7.10. The topological polar surface area (TPSA) is 12.5 Å². The maximum absolute atomic E-state index is 5.26. The van der Waals surface area contributed by atoms with E-state index >= 15 is 0 Å². The summed E-state index contributed by atoms with van der Waals surface area (Å²) in [6.45, 7) is 6.86. The van der Waals surface area contributed by atoms with E-state index in [-0.39, 0.29) is 0 Å². The van der Waals surface area contributed by atoms with Gasteiger partial charge in [0.1, 0.15) is 5.75 Å². The van der Waals surface area contributed by atoms with Crippen LogP contribution in [0.5, 0.6) is 5.75 Å². The van der Waals surface area contributed by atoms with Gasteiger partial charge < -0.3 is 4.74 Å². The molecule has 1 saturated heterocycles. The number of halogens is 1. The molecule has 2 nitrogen and oxygen atoms in total. The summed E-state index contributed by atoms with van der Waals surface area (Å²) in [5.41, 5.74) is 1.34. The van der Waals surface area contributed by atoms with Crippen LogP contribution in [0.15, 0.2) is 22.7 Å². The summed E-state index contributed by atoms with van der Waals surface area (Å²) >= 11 is 5.63. The average Bonchev–Trinajstić information content (AvgIpc) is 2.35. The van der Waals surface area contributed by atoms with Gasteiger partial charge in [-0.05, 0) is 40.5 Å². The molecule has 1 aromatic carbocycles. The predicted octanol–water partition coefficient (Wildman–Crippen LogP) is 3.78. The van der Waals surface area contributed by atoms with Gasteiger partial charge in [-0.25, -0.2) is 0 Å². The molecule has 0 amide bonds. The number of methoxy groups -OCH3 is 1. The Balaban J connectivity index is 2.06. The molecule has 100 valence electrons. The molecule has 1 heterocycles. The molecule has 1 aliphatic rings. The number of thioether (sulfide) groups is 1. The first-order valence-corrected chi connectivity index (χ1v) is 8.14. The zero-order chi connectivity index (χ0) is 13.1. The van der Waals surface area contributed by atoms with Crippen molar-refractivity contribution in [3.05, 3.63) is 28.2 Å². The van der Waals surface area contributed by atoms with Crippen LogP contribution in [0.4, 0.5) is 0 Å². The average molecular weight is 330 g/mol. The largest absolute Gasteiger partial charge is 0.496 e. The van der Waals surface area contributed by atoms with Crippen molar-refractivity contribution in [1.82, 2.24) is 4.90 Å². The van der Waals surface area contributed by atoms with Crippen LogP contribution in [0.2, 0.25) is 0 Å². The van der Waals surface area contributed by atoms with Crippen molar-refractivity contribution < 1.29 is 4.74 Å². The number of ether oxygens (including phenoxy) is 1. The second kappa shape index (κ2) is 6.31. The number of rotatable bonds is 3. The lowest BCUT2D eigenvalue weighted by Gasteiger charge is -2.37.